The highest BCUT2D eigenvalue weighted by Gasteiger charge is 2.09. The number of aldehydes is 1. The first-order valence-corrected chi connectivity index (χ1v) is 5.04. The average molecular weight is 220 g/mol. The van der Waals surface area contributed by atoms with Crippen LogP contribution in [0.5, 0.6) is 5.75 Å². The summed E-state index contributed by atoms with van der Waals surface area (Å²) in [5.74, 6) is 0.748. The molecule has 2 aromatic rings. The molecule has 0 radical (unpaired) electrons. The third kappa shape index (κ3) is 1.87. The summed E-state index contributed by atoms with van der Waals surface area (Å²) >= 11 is 1.20. The van der Waals surface area contributed by atoms with E-state index in [4.69, 9.17) is 4.74 Å². The predicted molar refractivity (Wildman–Crippen MR) is 57.3 cm³/mol. The van der Waals surface area contributed by atoms with E-state index in [1.165, 1.54) is 11.5 Å². The maximum absolute atomic E-state index is 10.7. The lowest BCUT2D eigenvalue weighted by molar-refractivity contribution is 0.111. The van der Waals surface area contributed by atoms with Crippen LogP contribution in [-0.2, 0) is 0 Å². The first kappa shape index (κ1) is 9.79. The number of methoxy groups -OCH3 is 1. The molecule has 0 saturated carbocycles. The molecule has 1 aromatic carbocycles. The number of aromatic nitrogens is 2. The molecule has 15 heavy (non-hydrogen) atoms. The zero-order valence-electron chi connectivity index (χ0n) is 8.01. The maximum Gasteiger partial charge on any atom is 0.171 e. The molecule has 1 heterocycles. The second-order valence-electron chi connectivity index (χ2n) is 2.84. The Morgan fingerprint density at radius 3 is 3.07 bits per heavy atom. The van der Waals surface area contributed by atoms with Crippen LogP contribution in [0.3, 0.4) is 0 Å². The lowest BCUT2D eigenvalue weighted by Gasteiger charge is -2.01. The van der Waals surface area contributed by atoms with Crippen LogP contribution in [-0.4, -0.2) is 23.0 Å². The van der Waals surface area contributed by atoms with Crippen molar-refractivity contribution in [3.8, 4) is 16.2 Å². The van der Waals surface area contributed by atoms with Crippen LogP contribution >= 0.6 is 11.5 Å². The van der Waals surface area contributed by atoms with E-state index in [0.717, 1.165) is 16.2 Å². The zero-order valence-corrected chi connectivity index (χ0v) is 8.82. The van der Waals surface area contributed by atoms with Gasteiger partial charge in [0.25, 0.3) is 0 Å². The quantitative estimate of drug-likeness (QED) is 0.742. The van der Waals surface area contributed by atoms with Gasteiger partial charge in [0.05, 0.1) is 12.0 Å². The van der Waals surface area contributed by atoms with Crippen molar-refractivity contribution in [1.82, 2.24) is 9.59 Å². The van der Waals surface area contributed by atoms with Gasteiger partial charge in [-0.25, -0.2) is 0 Å². The first-order valence-electron chi connectivity index (χ1n) is 4.27. The van der Waals surface area contributed by atoms with E-state index in [9.17, 15) is 4.79 Å². The molecule has 0 aliphatic heterocycles. The summed E-state index contributed by atoms with van der Waals surface area (Å²) in [4.78, 5) is 11.5. The van der Waals surface area contributed by atoms with Crippen molar-refractivity contribution >= 4 is 17.8 Å². The highest BCUT2D eigenvalue weighted by atomic mass is 32.1. The Balaban J connectivity index is 2.48. The van der Waals surface area contributed by atoms with Gasteiger partial charge in [-0.05, 0) is 29.2 Å². The second-order valence-corrected chi connectivity index (χ2v) is 3.59. The lowest BCUT2D eigenvalue weighted by Crippen LogP contribution is -1.86. The van der Waals surface area contributed by atoms with E-state index < -0.39 is 0 Å². The van der Waals surface area contributed by atoms with E-state index in [0.29, 0.717) is 12.0 Å². The van der Waals surface area contributed by atoms with Crippen molar-refractivity contribution in [1.29, 1.82) is 0 Å². The van der Waals surface area contributed by atoms with Crippen molar-refractivity contribution < 1.29 is 9.53 Å². The molecular formula is C10H8N2O2S. The van der Waals surface area contributed by atoms with Gasteiger partial charge in [0, 0.05) is 0 Å². The monoisotopic (exact) mass is 220 g/mol. The molecule has 0 atom stereocenters. The number of carbonyl (C=O) groups is 1. The summed E-state index contributed by atoms with van der Waals surface area (Å²) in [5.41, 5.74) is 1.26. The molecule has 0 fully saturated rings. The van der Waals surface area contributed by atoms with Gasteiger partial charge in [-0.1, -0.05) is 16.6 Å². The van der Waals surface area contributed by atoms with Crippen molar-refractivity contribution in [2.75, 3.05) is 7.11 Å². The summed E-state index contributed by atoms with van der Waals surface area (Å²) in [7, 11) is 1.60. The molecule has 0 aliphatic carbocycles. The Kier molecular flexibility index (Phi) is 2.73. The third-order valence-electron chi connectivity index (χ3n) is 1.96. The van der Waals surface area contributed by atoms with Gasteiger partial charge >= 0.3 is 0 Å². The summed E-state index contributed by atoms with van der Waals surface area (Å²) in [5, 5.41) is 3.73. The third-order valence-corrected chi connectivity index (χ3v) is 2.75. The van der Waals surface area contributed by atoms with Crippen LogP contribution in [0, 0.1) is 0 Å². The number of nitrogens with zero attached hydrogens (tertiary/aromatic N) is 2. The maximum atomic E-state index is 10.7. The van der Waals surface area contributed by atoms with Gasteiger partial charge in [0.1, 0.15) is 11.4 Å². The standard InChI is InChI=1S/C10H8N2O2S/c1-14-8-4-2-3-7(5-8)10-9(6-13)11-12-15-10/h2-6H,1H3. The molecule has 0 unspecified atom stereocenters. The summed E-state index contributed by atoms with van der Waals surface area (Å²) in [6, 6.07) is 7.45. The van der Waals surface area contributed by atoms with Gasteiger partial charge in [0.2, 0.25) is 0 Å². The number of hydrogen-bond donors (Lipinski definition) is 0. The van der Waals surface area contributed by atoms with Crippen LogP contribution in [0.4, 0.5) is 0 Å². The van der Waals surface area contributed by atoms with E-state index in [1.54, 1.807) is 7.11 Å². The number of ether oxygens (including phenoxy) is 1. The fourth-order valence-corrected chi connectivity index (χ4v) is 1.86. The van der Waals surface area contributed by atoms with Crippen molar-refractivity contribution in [3.63, 3.8) is 0 Å². The Morgan fingerprint density at radius 1 is 1.47 bits per heavy atom. The van der Waals surface area contributed by atoms with Crippen molar-refractivity contribution in [3.05, 3.63) is 30.0 Å². The van der Waals surface area contributed by atoms with E-state index in [2.05, 4.69) is 9.59 Å². The SMILES string of the molecule is COc1cccc(-c2snnc2C=O)c1. The van der Waals surface area contributed by atoms with Crippen LogP contribution in [0.25, 0.3) is 10.4 Å². The van der Waals surface area contributed by atoms with E-state index >= 15 is 0 Å². The Morgan fingerprint density at radius 2 is 2.33 bits per heavy atom. The fraction of sp³-hybridized carbons (Fsp3) is 0.100. The molecule has 2 rings (SSSR count). The van der Waals surface area contributed by atoms with E-state index in [1.807, 2.05) is 24.3 Å². The minimum atomic E-state index is 0.369. The predicted octanol–water partition coefficient (Wildman–Crippen LogP) is 2.03. The van der Waals surface area contributed by atoms with Gasteiger partial charge in [-0.2, -0.15) is 0 Å². The smallest absolute Gasteiger partial charge is 0.171 e. The summed E-state index contributed by atoms with van der Waals surface area (Å²) in [6.45, 7) is 0. The molecular weight excluding hydrogens is 212 g/mol. The van der Waals surface area contributed by atoms with Crippen LogP contribution in [0.1, 0.15) is 10.5 Å². The largest absolute Gasteiger partial charge is 0.497 e. The normalized spacial score (nSPS) is 9.93. The summed E-state index contributed by atoms with van der Waals surface area (Å²) in [6.07, 6.45) is 0.707. The number of rotatable bonds is 3. The molecule has 0 N–H and O–H groups in total. The molecule has 1 aromatic heterocycles. The first-order chi connectivity index (χ1) is 7.35. The van der Waals surface area contributed by atoms with Gasteiger partial charge in [-0.15, -0.1) is 5.10 Å². The lowest BCUT2D eigenvalue weighted by atomic mass is 10.1. The zero-order chi connectivity index (χ0) is 10.7. The molecule has 4 nitrogen and oxygen atoms in total. The highest BCUT2D eigenvalue weighted by Crippen LogP contribution is 2.27. The van der Waals surface area contributed by atoms with Gasteiger partial charge in [-0.3, -0.25) is 4.79 Å². The fourth-order valence-electron chi connectivity index (χ4n) is 1.24. The van der Waals surface area contributed by atoms with Gasteiger partial charge in [0.15, 0.2) is 6.29 Å². The Hall–Kier alpha value is -1.75. The minimum Gasteiger partial charge on any atom is -0.497 e. The molecule has 5 heteroatoms. The molecule has 0 spiro atoms. The second kappa shape index (κ2) is 4.18. The van der Waals surface area contributed by atoms with Gasteiger partial charge < -0.3 is 4.74 Å². The highest BCUT2D eigenvalue weighted by molar-refractivity contribution is 7.09. The Bertz CT molecular complexity index is 482. The topological polar surface area (TPSA) is 52.1 Å². The molecule has 0 aliphatic rings. The molecule has 76 valence electrons. The molecule has 0 amide bonds. The van der Waals surface area contributed by atoms with Crippen LogP contribution in [0.2, 0.25) is 0 Å². The number of carbonyl (C=O) groups excluding carboxylic acids is 1. The van der Waals surface area contributed by atoms with E-state index in [-0.39, 0.29) is 0 Å². The van der Waals surface area contributed by atoms with Crippen molar-refractivity contribution in [2.24, 2.45) is 0 Å². The molecule has 0 saturated heterocycles. The van der Waals surface area contributed by atoms with Crippen LogP contribution in [0.15, 0.2) is 24.3 Å². The van der Waals surface area contributed by atoms with Crippen molar-refractivity contribution in [2.45, 2.75) is 0 Å². The molecule has 0 bridgehead atoms. The number of hydrogen-bond acceptors (Lipinski definition) is 5. The summed E-state index contributed by atoms with van der Waals surface area (Å²) < 4.78 is 8.85. The van der Waals surface area contributed by atoms with Crippen LogP contribution < -0.4 is 4.74 Å². The minimum absolute atomic E-state index is 0.369. The average Bonchev–Trinajstić information content (AvgIpc) is 2.77. The number of benzene rings is 1. The Labute approximate surface area is 90.7 Å².